The highest BCUT2D eigenvalue weighted by atomic mass is 32.1. The summed E-state index contributed by atoms with van der Waals surface area (Å²) >= 11 is 0.683. The van der Waals surface area contributed by atoms with Gasteiger partial charge in [-0.1, -0.05) is 30.3 Å². The van der Waals surface area contributed by atoms with Crippen molar-refractivity contribution < 1.29 is 31.5 Å². The molecule has 0 fully saturated rings. The number of halogens is 5. The van der Waals surface area contributed by atoms with E-state index in [2.05, 4.69) is 15.4 Å². The number of amides is 2. The summed E-state index contributed by atoms with van der Waals surface area (Å²) in [5.74, 6) is -2.03. The Kier molecular flexibility index (Phi) is 5.81. The third-order valence-electron chi connectivity index (χ3n) is 4.86. The summed E-state index contributed by atoms with van der Waals surface area (Å²) in [5.41, 5.74) is 3.73. The molecule has 0 atom stereocenters. The Morgan fingerprint density at radius 1 is 1.15 bits per heavy atom. The van der Waals surface area contributed by atoms with Crippen molar-refractivity contribution in [3.05, 3.63) is 64.4 Å². The molecule has 0 saturated heterocycles. The van der Waals surface area contributed by atoms with Crippen molar-refractivity contribution >= 4 is 39.1 Å². The minimum atomic E-state index is -4.75. The molecule has 3 N–H and O–H groups in total. The number of pyridine rings is 1. The van der Waals surface area contributed by atoms with Crippen molar-refractivity contribution in [3.8, 4) is 11.1 Å². The molecule has 0 aliphatic heterocycles. The van der Waals surface area contributed by atoms with Gasteiger partial charge in [-0.25, -0.2) is 13.8 Å². The second-order valence-electron chi connectivity index (χ2n) is 7.10. The number of fused-ring (bicyclic) bond motifs is 1. The first kappa shape index (κ1) is 23.3. The molecule has 0 saturated carbocycles. The summed E-state index contributed by atoms with van der Waals surface area (Å²) < 4.78 is 66.8. The van der Waals surface area contributed by atoms with Crippen molar-refractivity contribution in [2.45, 2.75) is 12.6 Å². The normalized spacial score (nSPS) is 11.9. The van der Waals surface area contributed by atoms with Crippen molar-refractivity contribution in [1.29, 1.82) is 0 Å². The lowest BCUT2D eigenvalue weighted by Gasteiger charge is -2.10. The lowest BCUT2D eigenvalue weighted by molar-refractivity contribution is -0.143. The number of aromatic nitrogens is 3. The first-order chi connectivity index (χ1) is 16.0. The fraction of sp³-hybridized carbons (Fsp3) is 0.143. The van der Waals surface area contributed by atoms with Crippen LogP contribution in [0.4, 0.5) is 27.6 Å². The van der Waals surface area contributed by atoms with Crippen molar-refractivity contribution in [2.75, 3.05) is 5.32 Å². The van der Waals surface area contributed by atoms with Crippen LogP contribution >= 0.6 is 11.3 Å². The van der Waals surface area contributed by atoms with Gasteiger partial charge in [0.2, 0.25) is 0 Å². The Labute approximate surface area is 192 Å². The number of hydrogen-bond donors (Lipinski definition) is 2. The molecule has 0 bridgehead atoms. The molecular formula is C21H14F5N5O2S. The van der Waals surface area contributed by atoms with Crippen LogP contribution in [0, 0.1) is 0 Å². The summed E-state index contributed by atoms with van der Waals surface area (Å²) in [5, 5.41) is 6.12. The maximum atomic E-state index is 13.5. The number of thiophene rings is 1. The highest BCUT2D eigenvalue weighted by Crippen LogP contribution is 2.42. The van der Waals surface area contributed by atoms with Crippen LogP contribution in [0.3, 0.4) is 0 Å². The van der Waals surface area contributed by atoms with Gasteiger partial charge in [0.25, 0.3) is 18.2 Å². The van der Waals surface area contributed by atoms with E-state index in [9.17, 15) is 31.5 Å². The van der Waals surface area contributed by atoms with Crippen LogP contribution in [0.15, 0.2) is 42.5 Å². The van der Waals surface area contributed by atoms with Gasteiger partial charge in [0.15, 0.2) is 5.69 Å². The fourth-order valence-corrected chi connectivity index (χ4v) is 4.40. The SMILES string of the molecule is Cn1nc(C(=O)Nc2c(C(N)=O)sc3nc(C(F)F)cc(-c4ccccc4)c23)cc1C(F)(F)F. The summed E-state index contributed by atoms with van der Waals surface area (Å²) in [7, 11) is 1.03. The number of anilines is 1. The molecule has 3 heterocycles. The van der Waals surface area contributed by atoms with Gasteiger partial charge >= 0.3 is 6.18 Å². The lowest BCUT2D eigenvalue weighted by atomic mass is 10.0. The minimum absolute atomic E-state index is 0.00208. The highest BCUT2D eigenvalue weighted by molar-refractivity contribution is 7.21. The van der Waals surface area contributed by atoms with Crippen molar-refractivity contribution in [1.82, 2.24) is 14.8 Å². The number of nitrogens with one attached hydrogen (secondary N) is 1. The first-order valence-electron chi connectivity index (χ1n) is 9.50. The molecule has 0 aliphatic carbocycles. The molecule has 176 valence electrons. The Morgan fingerprint density at radius 2 is 1.82 bits per heavy atom. The zero-order valence-electron chi connectivity index (χ0n) is 17.2. The van der Waals surface area contributed by atoms with Crippen LogP contribution < -0.4 is 11.1 Å². The quantitative estimate of drug-likeness (QED) is 0.380. The van der Waals surface area contributed by atoms with Crippen LogP contribution in [-0.2, 0) is 13.2 Å². The molecule has 3 aromatic heterocycles. The molecule has 7 nitrogen and oxygen atoms in total. The topological polar surface area (TPSA) is 103 Å². The molecule has 34 heavy (non-hydrogen) atoms. The number of hydrogen-bond acceptors (Lipinski definition) is 5. The Balaban J connectivity index is 1.91. The Hall–Kier alpha value is -3.87. The smallest absolute Gasteiger partial charge is 0.365 e. The van der Waals surface area contributed by atoms with Crippen molar-refractivity contribution in [2.24, 2.45) is 12.8 Å². The number of primary amides is 1. The van der Waals surface area contributed by atoms with E-state index in [-0.39, 0.29) is 26.3 Å². The van der Waals surface area contributed by atoms with Gasteiger partial charge in [-0.15, -0.1) is 11.3 Å². The molecule has 4 aromatic rings. The van der Waals surface area contributed by atoms with Gasteiger partial charge in [0, 0.05) is 18.5 Å². The van der Waals surface area contributed by atoms with E-state index in [1.54, 1.807) is 30.3 Å². The molecule has 2 amide bonds. The van der Waals surface area contributed by atoms with Crippen LogP contribution in [-0.4, -0.2) is 26.6 Å². The lowest BCUT2D eigenvalue weighted by Crippen LogP contribution is -2.17. The summed E-state index contributed by atoms with van der Waals surface area (Å²) in [6.07, 6.45) is -7.66. The Morgan fingerprint density at radius 3 is 2.38 bits per heavy atom. The van der Waals surface area contributed by atoms with E-state index in [0.29, 0.717) is 27.6 Å². The first-order valence-corrected chi connectivity index (χ1v) is 10.3. The predicted octanol–water partition coefficient (Wildman–Crippen LogP) is 5.00. The van der Waals surface area contributed by atoms with E-state index in [1.165, 1.54) is 0 Å². The number of aryl methyl sites for hydroxylation is 1. The van der Waals surface area contributed by atoms with E-state index in [1.807, 2.05) is 0 Å². The molecule has 0 aliphatic rings. The number of alkyl halides is 5. The van der Waals surface area contributed by atoms with Gasteiger partial charge in [-0.2, -0.15) is 18.3 Å². The third-order valence-corrected chi connectivity index (χ3v) is 5.95. The average molecular weight is 495 g/mol. The fourth-order valence-electron chi connectivity index (χ4n) is 3.39. The standard InChI is InChI=1S/C21H14F5N5O2S/c1-31-13(21(24,25)26)8-12(30-31)19(33)29-15-14-10(9-5-3-2-4-6-9)7-11(17(22)23)28-20(14)34-16(15)18(27)32/h2-8,17H,1H3,(H2,27,32)(H,29,33). The number of nitrogens with two attached hydrogens (primary N) is 1. The number of nitrogens with zero attached hydrogens (tertiary/aromatic N) is 3. The van der Waals surface area contributed by atoms with Crippen LogP contribution in [0.5, 0.6) is 0 Å². The summed E-state index contributed by atoms with van der Waals surface area (Å²) in [6.45, 7) is 0. The highest BCUT2D eigenvalue weighted by Gasteiger charge is 2.36. The maximum Gasteiger partial charge on any atom is 0.433 e. The number of rotatable bonds is 5. The van der Waals surface area contributed by atoms with Gasteiger partial charge in [-0.3, -0.25) is 14.3 Å². The molecule has 13 heteroatoms. The van der Waals surface area contributed by atoms with Gasteiger partial charge in [0.05, 0.1) is 5.69 Å². The molecule has 1 aromatic carbocycles. The largest absolute Gasteiger partial charge is 0.433 e. The predicted molar refractivity (Wildman–Crippen MR) is 115 cm³/mol. The van der Waals surface area contributed by atoms with E-state index >= 15 is 0 Å². The van der Waals surface area contributed by atoms with Crippen LogP contribution in [0.1, 0.15) is 38.0 Å². The average Bonchev–Trinajstić information content (AvgIpc) is 3.34. The van der Waals surface area contributed by atoms with Gasteiger partial charge in [0.1, 0.15) is 21.1 Å². The Bertz CT molecular complexity index is 1410. The number of carbonyl (C=O) groups excluding carboxylic acids is 2. The van der Waals surface area contributed by atoms with Gasteiger partial charge in [-0.05, 0) is 17.2 Å². The van der Waals surface area contributed by atoms with E-state index in [0.717, 1.165) is 13.1 Å². The maximum absolute atomic E-state index is 13.5. The summed E-state index contributed by atoms with van der Waals surface area (Å²) in [4.78, 5) is 28.6. The molecular weight excluding hydrogens is 481 g/mol. The van der Waals surface area contributed by atoms with E-state index < -0.39 is 41.5 Å². The number of carbonyl (C=O) groups is 2. The van der Waals surface area contributed by atoms with Crippen LogP contribution in [0.2, 0.25) is 0 Å². The molecule has 0 unspecified atom stereocenters. The second kappa shape index (κ2) is 8.48. The van der Waals surface area contributed by atoms with Crippen molar-refractivity contribution in [3.63, 3.8) is 0 Å². The van der Waals surface area contributed by atoms with E-state index in [4.69, 9.17) is 5.73 Å². The van der Waals surface area contributed by atoms with Gasteiger partial charge < -0.3 is 11.1 Å². The third kappa shape index (κ3) is 4.21. The molecule has 0 spiro atoms. The molecule has 0 radical (unpaired) electrons. The number of benzene rings is 1. The van der Waals surface area contributed by atoms with Crippen LogP contribution in [0.25, 0.3) is 21.3 Å². The monoisotopic (exact) mass is 495 g/mol. The zero-order chi connectivity index (χ0) is 24.8. The second-order valence-corrected chi connectivity index (χ2v) is 8.10. The zero-order valence-corrected chi connectivity index (χ0v) is 18.0. The molecule has 4 rings (SSSR count). The summed E-state index contributed by atoms with van der Waals surface area (Å²) in [6, 6.07) is 9.97. The minimum Gasteiger partial charge on any atom is -0.365 e.